The van der Waals surface area contributed by atoms with Crippen LogP contribution in [-0.2, 0) is 16.6 Å². The first kappa shape index (κ1) is 18.3. The van der Waals surface area contributed by atoms with Crippen LogP contribution in [0.3, 0.4) is 0 Å². The Hall–Kier alpha value is -2.04. The number of aromatic carboxylic acids is 1. The van der Waals surface area contributed by atoms with Crippen molar-refractivity contribution in [1.82, 2.24) is 13.7 Å². The number of methoxy groups -OCH3 is 1. The summed E-state index contributed by atoms with van der Waals surface area (Å²) in [5, 5.41) is 8.68. The number of rotatable bonds is 6. The van der Waals surface area contributed by atoms with E-state index < -0.39 is 16.0 Å². The van der Waals surface area contributed by atoms with Gasteiger partial charge in [-0.3, -0.25) is 0 Å². The minimum atomic E-state index is -3.78. The van der Waals surface area contributed by atoms with Crippen LogP contribution in [0.5, 0.6) is 5.75 Å². The highest BCUT2D eigenvalue weighted by molar-refractivity contribution is 7.89. The Kier molecular flexibility index (Phi) is 5.21. The number of nitrogens with zero attached hydrogens (tertiary/aromatic N) is 3. The Bertz CT molecular complexity index is 853. The van der Waals surface area contributed by atoms with Crippen molar-refractivity contribution in [2.45, 2.75) is 25.3 Å². The van der Waals surface area contributed by atoms with E-state index in [1.807, 2.05) is 0 Å². The zero-order valence-electron chi connectivity index (χ0n) is 13.6. The third-order valence-corrected chi connectivity index (χ3v) is 6.20. The normalized spacial score (nSPS) is 11.7. The zero-order chi connectivity index (χ0) is 18.1. The summed E-state index contributed by atoms with van der Waals surface area (Å²) in [6, 6.07) is 3.30. The molecule has 0 aliphatic rings. The van der Waals surface area contributed by atoms with Crippen LogP contribution in [0.25, 0.3) is 0 Å². The Morgan fingerprint density at radius 1 is 1.33 bits per heavy atom. The van der Waals surface area contributed by atoms with Gasteiger partial charge in [0, 0.05) is 7.05 Å². The number of carbonyl (C=O) groups is 1. The summed E-state index contributed by atoms with van der Waals surface area (Å²) in [5.74, 6) is -0.461. The van der Waals surface area contributed by atoms with Gasteiger partial charge in [0.25, 0.3) is 0 Å². The molecule has 1 heterocycles. The van der Waals surface area contributed by atoms with Crippen molar-refractivity contribution >= 4 is 27.5 Å². The number of hydrogen-bond acceptors (Lipinski definition) is 7. The zero-order valence-corrected chi connectivity index (χ0v) is 15.2. The van der Waals surface area contributed by atoms with E-state index in [1.54, 1.807) is 26.0 Å². The van der Waals surface area contributed by atoms with Gasteiger partial charge in [-0.1, -0.05) is 0 Å². The largest absolute Gasteiger partial charge is 0.497 e. The lowest BCUT2D eigenvalue weighted by Crippen LogP contribution is -2.28. The fourth-order valence-corrected chi connectivity index (χ4v) is 4.32. The van der Waals surface area contributed by atoms with E-state index in [4.69, 9.17) is 9.84 Å². The van der Waals surface area contributed by atoms with Crippen LogP contribution in [0.4, 0.5) is 0 Å². The third kappa shape index (κ3) is 3.55. The molecule has 0 spiro atoms. The fraction of sp³-hybridized carbons (Fsp3) is 0.357. The molecule has 0 aliphatic heterocycles. The number of carboxylic acids is 1. The van der Waals surface area contributed by atoms with E-state index in [0.717, 1.165) is 15.8 Å². The standard InChI is InChI=1S/C14H17N3O5S2/c1-8-5-10(22-4)6-9(2)12(8)24(20,21)17(3)7-11-15-13(14(18)19)23-16-11/h5-6H,7H2,1-4H3,(H,18,19). The molecule has 8 nitrogen and oxygen atoms in total. The Labute approximate surface area is 143 Å². The molecule has 0 bridgehead atoms. The van der Waals surface area contributed by atoms with Crippen LogP contribution >= 0.6 is 11.5 Å². The van der Waals surface area contributed by atoms with E-state index in [-0.39, 0.29) is 22.3 Å². The van der Waals surface area contributed by atoms with Crippen LogP contribution in [0.1, 0.15) is 26.8 Å². The van der Waals surface area contributed by atoms with Gasteiger partial charge in [0.05, 0.1) is 18.6 Å². The third-order valence-electron chi connectivity index (χ3n) is 3.35. The lowest BCUT2D eigenvalue weighted by molar-refractivity contribution is 0.0696. The first-order valence-corrected chi connectivity index (χ1v) is 9.05. The highest BCUT2D eigenvalue weighted by Crippen LogP contribution is 2.28. The van der Waals surface area contributed by atoms with E-state index in [1.165, 1.54) is 14.2 Å². The lowest BCUT2D eigenvalue weighted by atomic mass is 10.1. The summed E-state index contributed by atoms with van der Waals surface area (Å²) >= 11 is 0.719. The quantitative estimate of drug-likeness (QED) is 0.822. The summed E-state index contributed by atoms with van der Waals surface area (Å²) in [7, 11) is -0.860. The molecule has 0 unspecified atom stereocenters. The van der Waals surface area contributed by atoms with Gasteiger partial charge < -0.3 is 9.84 Å². The van der Waals surface area contributed by atoms with Crippen molar-refractivity contribution in [3.8, 4) is 5.75 Å². The van der Waals surface area contributed by atoms with Gasteiger partial charge >= 0.3 is 5.97 Å². The minimum Gasteiger partial charge on any atom is -0.497 e. The molecule has 2 rings (SSSR count). The van der Waals surface area contributed by atoms with E-state index >= 15 is 0 Å². The predicted molar refractivity (Wildman–Crippen MR) is 88.0 cm³/mol. The van der Waals surface area contributed by atoms with Crippen molar-refractivity contribution in [2.24, 2.45) is 0 Å². The molecule has 130 valence electrons. The highest BCUT2D eigenvalue weighted by Gasteiger charge is 2.27. The number of benzene rings is 1. The molecule has 0 atom stereocenters. The molecule has 0 radical (unpaired) electrons. The number of aromatic nitrogens is 2. The average molecular weight is 371 g/mol. The molecule has 0 saturated carbocycles. The monoisotopic (exact) mass is 371 g/mol. The average Bonchev–Trinajstić information content (AvgIpc) is 2.94. The maximum atomic E-state index is 12.8. The Morgan fingerprint density at radius 2 is 1.92 bits per heavy atom. The number of ether oxygens (including phenoxy) is 1. The second-order valence-electron chi connectivity index (χ2n) is 5.17. The molecule has 2 aromatic rings. The van der Waals surface area contributed by atoms with Gasteiger partial charge in [-0.05, 0) is 48.6 Å². The van der Waals surface area contributed by atoms with Gasteiger partial charge in [0.2, 0.25) is 15.0 Å². The molecule has 1 N–H and O–H groups in total. The molecule has 0 amide bonds. The van der Waals surface area contributed by atoms with Crippen LogP contribution < -0.4 is 4.74 Å². The fourth-order valence-electron chi connectivity index (χ4n) is 2.28. The van der Waals surface area contributed by atoms with Gasteiger partial charge in [-0.15, -0.1) is 0 Å². The van der Waals surface area contributed by atoms with Gasteiger partial charge in [0.15, 0.2) is 5.82 Å². The maximum absolute atomic E-state index is 12.8. The molecular formula is C14H17N3O5S2. The van der Waals surface area contributed by atoms with Crippen molar-refractivity contribution in [3.05, 3.63) is 34.1 Å². The number of sulfonamides is 1. The predicted octanol–water partition coefficient (Wildman–Crippen LogP) is 1.68. The summed E-state index contributed by atoms with van der Waals surface area (Å²) in [4.78, 5) is 14.8. The lowest BCUT2D eigenvalue weighted by Gasteiger charge is -2.19. The second-order valence-corrected chi connectivity index (χ2v) is 7.91. The van der Waals surface area contributed by atoms with Crippen LogP contribution in [-0.4, -0.2) is 47.3 Å². The van der Waals surface area contributed by atoms with E-state index in [0.29, 0.717) is 16.9 Å². The van der Waals surface area contributed by atoms with Gasteiger partial charge in [0.1, 0.15) is 5.75 Å². The molecule has 24 heavy (non-hydrogen) atoms. The second kappa shape index (κ2) is 6.83. The van der Waals surface area contributed by atoms with E-state index in [9.17, 15) is 13.2 Å². The number of carboxylic acid groups (broad SMARTS) is 1. The van der Waals surface area contributed by atoms with Gasteiger partial charge in [-0.2, -0.15) is 8.68 Å². The van der Waals surface area contributed by atoms with Crippen molar-refractivity contribution in [3.63, 3.8) is 0 Å². The summed E-state index contributed by atoms with van der Waals surface area (Å²) in [5.41, 5.74) is 1.13. The van der Waals surface area contributed by atoms with Crippen LogP contribution in [0, 0.1) is 13.8 Å². The van der Waals surface area contributed by atoms with E-state index in [2.05, 4.69) is 9.36 Å². The number of aryl methyl sites for hydroxylation is 2. The minimum absolute atomic E-state index is 0.114. The van der Waals surface area contributed by atoms with Crippen molar-refractivity contribution in [2.75, 3.05) is 14.2 Å². The molecular weight excluding hydrogens is 354 g/mol. The van der Waals surface area contributed by atoms with Crippen LogP contribution in [0.15, 0.2) is 17.0 Å². The molecule has 10 heteroatoms. The summed E-state index contributed by atoms with van der Waals surface area (Å²) in [6.45, 7) is 3.27. The van der Waals surface area contributed by atoms with Crippen molar-refractivity contribution < 1.29 is 23.1 Å². The molecule has 1 aromatic carbocycles. The summed E-state index contributed by atoms with van der Waals surface area (Å²) < 4.78 is 35.8. The topological polar surface area (TPSA) is 110 Å². The molecule has 0 saturated heterocycles. The molecule has 1 aromatic heterocycles. The number of hydrogen-bond donors (Lipinski definition) is 1. The first-order chi connectivity index (χ1) is 11.2. The van der Waals surface area contributed by atoms with Crippen molar-refractivity contribution in [1.29, 1.82) is 0 Å². The first-order valence-electron chi connectivity index (χ1n) is 6.84. The summed E-state index contributed by atoms with van der Waals surface area (Å²) in [6.07, 6.45) is 0. The van der Waals surface area contributed by atoms with Crippen LogP contribution in [0.2, 0.25) is 0 Å². The smallest absolute Gasteiger partial charge is 0.366 e. The highest BCUT2D eigenvalue weighted by atomic mass is 32.2. The molecule has 0 fully saturated rings. The van der Waals surface area contributed by atoms with Gasteiger partial charge in [-0.25, -0.2) is 18.2 Å². The Morgan fingerprint density at radius 3 is 2.38 bits per heavy atom. The SMILES string of the molecule is COc1cc(C)c(S(=O)(=O)N(C)Cc2nsc(C(=O)O)n2)c(C)c1. The maximum Gasteiger partial charge on any atom is 0.366 e. The molecule has 0 aliphatic carbocycles. The Balaban J connectivity index is 2.34.